The molecule has 0 aromatic heterocycles. The van der Waals surface area contributed by atoms with E-state index < -0.39 is 16.3 Å². The molecule has 0 aliphatic carbocycles. The first-order chi connectivity index (χ1) is 5.20. The number of hydrogen-bond donors (Lipinski definition) is 0. The number of carbonyl (C=O) groups is 3. The molecule has 6 nitrogen and oxygen atoms in total. The van der Waals surface area contributed by atoms with E-state index in [1.54, 1.807) is 0 Å². The van der Waals surface area contributed by atoms with Crippen molar-refractivity contribution in [2.24, 2.45) is 0 Å². The van der Waals surface area contributed by atoms with E-state index in [0.717, 1.165) is 0 Å². The summed E-state index contributed by atoms with van der Waals surface area (Å²) in [5, 5.41) is 26.0. The van der Waals surface area contributed by atoms with Gasteiger partial charge in [0.05, 0.1) is 0 Å². The Morgan fingerprint density at radius 3 is 0.692 bits per heavy atom. The first kappa shape index (κ1) is 23.1. The zero-order valence-corrected chi connectivity index (χ0v) is 10.4. The molecule has 0 amide bonds. The molecule has 0 rings (SSSR count). The van der Waals surface area contributed by atoms with E-state index in [2.05, 4.69) is 34.8 Å². The first-order valence-electron chi connectivity index (χ1n) is 1.79. The topological polar surface area (TPSA) is 120 Å². The Bertz CT molecular complexity index is 121. The maximum absolute atomic E-state index is 8.65. The molecule has 0 radical (unpaired) electrons. The van der Waals surface area contributed by atoms with Gasteiger partial charge in [0.25, 0.3) is 0 Å². The second kappa shape index (κ2) is 17.9. The van der Waals surface area contributed by atoms with Crippen LogP contribution in [0.4, 0.5) is 14.4 Å². The van der Waals surface area contributed by atoms with Gasteiger partial charge in [0.15, 0.2) is 0 Å². The van der Waals surface area contributed by atoms with Gasteiger partial charge in [-0.2, -0.15) is 0 Å². The zero-order chi connectivity index (χ0) is 10.7. The molecule has 0 spiro atoms. The Morgan fingerprint density at radius 1 is 0.692 bits per heavy atom. The average Bonchev–Trinajstić information content (AvgIpc) is 1.54. The quantitative estimate of drug-likeness (QED) is 0.389. The molecule has 0 unspecified atom stereocenters. The number of rotatable bonds is 0. The molecule has 0 atom stereocenters. The van der Waals surface area contributed by atoms with Crippen molar-refractivity contribution in [1.29, 1.82) is 0 Å². The van der Waals surface area contributed by atoms with Crippen LogP contribution in [0.3, 0.4) is 0 Å². The Hall–Kier alpha value is -0.0836. The molecule has 0 N–H and O–H groups in total. The van der Waals surface area contributed by atoms with Crippen molar-refractivity contribution in [3.05, 3.63) is 0 Å². The van der Waals surface area contributed by atoms with E-state index in [1.165, 1.54) is 0 Å². The van der Waals surface area contributed by atoms with Gasteiger partial charge in [0, 0.05) is 0 Å². The van der Waals surface area contributed by atoms with Crippen LogP contribution in [-0.4, -0.2) is 36.1 Å². The SMILES string of the molecule is O=C([O-])Cl.O=C([O-])Cl.O=C([O-])Cl.[Ga+3]. The van der Waals surface area contributed by atoms with Crippen molar-refractivity contribution in [1.82, 2.24) is 0 Å². The monoisotopic (exact) mass is 306 g/mol. The Morgan fingerprint density at radius 2 is 0.692 bits per heavy atom. The third kappa shape index (κ3) is 168000. The van der Waals surface area contributed by atoms with Gasteiger partial charge in [0.2, 0.25) is 0 Å². The van der Waals surface area contributed by atoms with Crippen LogP contribution in [0.25, 0.3) is 0 Å². The Kier molecular flexibility index (Phi) is 31.7. The predicted octanol–water partition coefficient (Wildman–Crippen LogP) is -1.68. The second-order valence-electron chi connectivity index (χ2n) is 0.713. The Labute approximate surface area is 100 Å². The molecule has 0 aromatic rings. The summed E-state index contributed by atoms with van der Waals surface area (Å²) < 4.78 is 0. The maximum atomic E-state index is 8.65. The molecule has 0 fully saturated rings. The summed E-state index contributed by atoms with van der Waals surface area (Å²) >= 11 is 12.2. The normalized spacial score (nSPS) is 5.77. The standard InChI is InChI=1S/3CHClO2.Ga/c3*2-1(3)4;/h3*(H,3,4);/q;;;+3/p-3. The first-order valence-corrected chi connectivity index (χ1v) is 2.93. The summed E-state index contributed by atoms with van der Waals surface area (Å²) in [7, 11) is 0. The minimum Gasteiger partial charge on any atom is -0.534 e. The molecule has 13 heavy (non-hydrogen) atoms. The maximum Gasteiger partial charge on any atom is 3.00 e. The van der Waals surface area contributed by atoms with E-state index in [9.17, 15) is 0 Å². The van der Waals surface area contributed by atoms with Crippen LogP contribution in [0.2, 0.25) is 0 Å². The van der Waals surface area contributed by atoms with Crippen LogP contribution in [0.1, 0.15) is 0 Å². The minimum absolute atomic E-state index is 0. The fourth-order valence-corrected chi connectivity index (χ4v) is 0. The summed E-state index contributed by atoms with van der Waals surface area (Å²) in [5.41, 5.74) is -4.83. The third-order valence-electron chi connectivity index (χ3n) is 0. The van der Waals surface area contributed by atoms with Gasteiger partial charge in [0.1, 0.15) is 16.3 Å². The van der Waals surface area contributed by atoms with Gasteiger partial charge in [-0.3, -0.25) is 0 Å². The summed E-state index contributed by atoms with van der Waals surface area (Å²) in [6.07, 6.45) is 0. The molecular formula is C3Cl3GaO6. The van der Waals surface area contributed by atoms with Crippen molar-refractivity contribution in [2.75, 3.05) is 0 Å². The molecule has 0 saturated carbocycles. The van der Waals surface area contributed by atoms with Gasteiger partial charge in [-0.05, 0) is 0 Å². The van der Waals surface area contributed by atoms with E-state index >= 15 is 0 Å². The Balaban J connectivity index is -0.0000000450. The van der Waals surface area contributed by atoms with Gasteiger partial charge in [-0.1, -0.05) is 34.8 Å². The van der Waals surface area contributed by atoms with Crippen LogP contribution in [0.15, 0.2) is 0 Å². The molecule has 10 heteroatoms. The molecule has 0 aliphatic rings. The third-order valence-corrected chi connectivity index (χ3v) is 0. The fourth-order valence-electron chi connectivity index (χ4n) is 0. The molecule has 0 aromatic carbocycles. The fraction of sp³-hybridized carbons (Fsp3) is 0. The molecule has 0 saturated heterocycles. The molecule has 0 heterocycles. The van der Waals surface area contributed by atoms with Crippen molar-refractivity contribution in [2.45, 2.75) is 0 Å². The molecular weight excluding hydrogens is 308 g/mol. The van der Waals surface area contributed by atoms with E-state index in [-0.39, 0.29) is 19.8 Å². The zero-order valence-electron chi connectivity index (χ0n) is 5.66. The van der Waals surface area contributed by atoms with Crippen molar-refractivity contribution in [3.63, 3.8) is 0 Å². The van der Waals surface area contributed by atoms with E-state index in [0.29, 0.717) is 0 Å². The minimum atomic E-state index is -1.61. The van der Waals surface area contributed by atoms with Gasteiger partial charge < -0.3 is 29.7 Å². The number of halogens is 3. The second-order valence-corrected chi connectivity index (χ2v) is 1.64. The van der Waals surface area contributed by atoms with Crippen LogP contribution < -0.4 is 15.3 Å². The van der Waals surface area contributed by atoms with Crippen molar-refractivity contribution < 1.29 is 29.7 Å². The average molecular weight is 308 g/mol. The van der Waals surface area contributed by atoms with Crippen LogP contribution in [-0.2, 0) is 0 Å². The van der Waals surface area contributed by atoms with Crippen molar-refractivity contribution in [3.8, 4) is 0 Å². The van der Waals surface area contributed by atoms with Gasteiger partial charge in [-0.25, -0.2) is 0 Å². The summed E-state index contributed by atoms with van der Waals surface area (Å²) in [6, 6.07) is 0. The smallest absolute Gasteiger partial charge is 0.534 e. The van der Waals surface area contributed by atoms with Crippen LogP contribution >= 0.6 is 34.8 Å². The van der Waals surface area contributed by atoms with E-state index in [4.69, 9.17) is 29.7 Å². The number of carbonyl (C=O) groups excluding carboxylic acids is 3. The molecule has 72 valence electrons. The summed E-state index contributed by atoms with van der Waals surface area (Å²) in [6.45, 7) is 0. The van der Waals surface area contributed by atoms with Crippen LogP contribution in [0, 0.1) is 0 Å². The molecule has 0 aliphatic heterocycles. The largest absolute Gasteiger partial charge is 3.00 e. The predicted molar refractivity (Wildman–Crippen MR) is 39.5 cm³/mol. The van der Waals surface area contributed by atoms with Gasteiger partial charge >= 0.3 is 19.8 Å². The van der Waals surface area contributed by atoms with Gasteiger partial charge in [-0.15, -0.1) is 0 Å². The molecule has 0 bridgehead atoms. The summed E-state index contributed by atoms with van der Waals surface area (Å²) in [5.74, 6) is 0. The number of carboxylic acid groups (broad SMARTS) is 3. The van der Waals surface area contributed by atoms with Crippen molar-refractivity contribution >= 4 is 70.9 Å². The van der Waals surface area contributed by atoms with E-state index in [1.807, 2.05) is 0 Å². The van der Waals surface area contributed by atoms with Crippen LogP contribution in [0.5, 0.6) is 0 Å². The number of hydrogen-bond acceptors (Lipinski definition) is 6. The summed E-state index contributed by atoms with van der Waals surface area (Å²) in [4.78, 5) is 26.0.